The maximum absolute atomic E-state index is 12.4. The largest absolute Gasteiger partial charge is 0.490 e. The Balaban J connectivity index is 1.75. The quantitative estimate of drug-likeness (QED) is 0.203. The van der Waals surface area contributed by atoms with Crippen molar-refractivity contribution in [3.05, 3.63) is 75.1 Å². The van der Waals surface area contributed by atoms with Gasteiger partial charge in [-0.3, -0.25) is 0 Å². The first-order valence-electron chi connectivity index (χ1n) is 11.6. The lowest BCUT2D eigenvalue weighted by atomic mass is 9.95. The van der Waals surface area contributed by atoms with Gasteiger partial charge in [0.25, 0.3) is 0 Å². The molecule has 0 unspecified atom stereocenters. The maximum atomic E-state index is 12.4. The molecule has 0 bridgehead atoms. The molecule has 0 fully saturated rings. The van der Waals surface area contributed by atoms with Crippen molar-refractivity contribution in [1.29, 1.82) is 0 Å². The van der Waals surface area contributed by atoms with Crippen molar-refractivity contribution in [2.24, 2.45) is 0 Å². The summed E-state index contributed by atoms with van der Waals surface area (Å²) in [6, 6.07) is 10.8. The summed E-state index contributed by atoms with van der Waals surface area (Å²) < 4.78 is 22.2. The van der Waals surface area contributed by atoms with E-state index in [1.807, 2.05) is 51.1 Å². The number of fused-ring (bicyclic) bond motifs is 1. The van der Waals surface area contributed by atoms with Crippen molar-refractivity contribution < 1.29 is 23.4 Å². The molecule has 0 aliphatic carbocycles. The SMILES string of the molecule is CCCOc1ccc(C=CC(=O)OCc2cc(=O)oc3cc(C)c(C(C)C)cc23)cc1OCC. The number of ether oxygens (including phenoxy) is 3. The van der Waals surface area contributed by atoms with Crippen LogP contribution in [0.2, 0.25) is 0 Å². The third-order valence-electron chi connectivity index (χ3n) is 5.35. The monoisotopic (exact) mass is 464 g/mol. The smallest absolute Gasteiger partial charge is 0.336 e. The van der Waals surface area contributed by atoms with Crippen LogP contribution in [-0.2, 0) is 16.1 Å². The van der Waals surface area contributed by atoms with E-state index in [1.165, 1.54) is 12.1 Å². The molecule has 0 atom stereocenters. The van der Waals surface area contributed by atoms with Gasteiger partial charge in [-0.15, -0.1) is 0 Å². The molecule has 0 aliphatic heterocycles. The van der Waals surface area contributed by atoms with Crippen LogP contribution in [0.5, 0.6) is 11.5 Å². The van der Waals surface area contributed by atoms with Crippen molar-refractivity contribution in [2.45, 2.75) is 53.6 Å². The fourth-order valence-corrected chi connectivity index (χ4v) is 3.72. The first-order chi connectivity index (χ1) is 16.3. The number of hydrogen-bond donors (Lipinski definition) is 0. The Labute approximate surface area is 200 Å². The molecule has 6 heteroatoms. The number of aryl methyl sites for hydroxylation is 1. The normalized spacial score (nSPS) is 11.4. The minimum absolute atomic E-state index is 0.0279. The minimum Gasteiger partial charge on any atom is -0.490 e. The van der Waals surface area contributed by atoms with Crippen LogP contribution >= 0.6 is 0 Å². The lowest BCUT2D eigenvalue weighted by Crippen LogP contribution is -2.06. The standard InChI is InChI=1S/C28H32O6/c1-6-12-32-24-10-8-20(14-26(24)31-7-2)9-11-27(29)33-17-21-15-28(30)34-25-13-19(5)22(18(3)4)16-23(21)25/h8-11,13-16,18H,6-7,12,17H2,1-5H3. The van der Waals surface area contributed by atoms with Crippen molar-refractivity contribution >= 4 is 23.0 Å². The predicted octanol–water partition coefficient (Wildman–Crippen LogP) is 6.17. The zero-order chi connectivity index (χ0) is 24.7. The summed E-state index contributed by atoms with van der Waals surface area (Å²) in [6.07, 6.45) is 3.91. The highest BCUT2D eigenvalue weighted by atomic mass is 16.5. The lowest BCUT2D eigenvalue weighted by Gasteiger charge is -2.13. The first kappa shape index (κ1) is 25.1. The second kappa shape index (κ2) is 11.5. The first-order valence-corrected chi connectivity index (χ1v) is 11.6. The van der Waals surface area contributed by atoms with Gasteiger partial charge in [0, 0.05) is 23.1 Å². The zero-order valence-corrected chi connectivity index (χ0v) is 20.5. The van der Waals surface area contributed by atoms with Crippen LogP contribution in [0.4, 0.5) is 0 Å². The molecule has 0 saturated heterocycles. The van der Waals surface area contributed by atoms with E-state index < -0.39 is 11.6 Å². The minimum atomic E-state index is -0.512. The van der Waals surface area contributed by atoms with Crippen molar-refractivity contribution in [1.82, 2.24) is 0 Å². The highest BCUT2D eigenvalue weighted by Gasteiger charge is 2.13. The van der Waals surface area contributed by atoms with E-state index in [1.54, 1.807) is 6.08 Å². The van der Waals surface area contributed by atoms with Crippen molar-refractivity contribution in [3.8, 4) is 11.5 Å². The van der Waals surface area contributed by atoms with Crippen LogP contribution in [0.3, 0.4) is 0 Å². The van der Waals surface area contributed by atoms with Crippen LogP contribution in [-0.4, -0.2) is 19.2 Å². The summed E-state index contributed by atoms with van der Waals surface area (Å²) in [5, 5.41) is 0.773. The molecule has 0 aliphatic rings. The van der Waals surface area contributed by atoms with Crippen LogP contribution in [0.1, 0.15) is 62.3 Å². The summed E-state index contributed by atoms with van der Waals surface area (Å²) in [4.78, 5) is 24.4. The summed E-state index contributed by atoms with van der Waals surface area (Å²) >= 11 is 0. The molecule has 0 amide bonds. The van der Waals surface area contributed by atoms with E-state index in [0.29, 0.717) is 41.8 Å². The molecule has 3 rings (SSSR count). The third-order valence-corrected chi connectivity index (χ3v) is 5.35. The average Bonchev–Trinajstić information content (AvgIpc) is 2.80. The molecule has 6 nitrogen and oxygen atoms in total. The number of carbonyl (C=O) groups excluding carboxylic acids is 1. The highest BCUT2D eigenvalue weighted by molar-refractivity contribution is 5.88. The maximum Gasteiger partial charge on any atom is 0.336 e. The summed E-state index contributed by atoms with van der Waals surface area (Å²) in [5.74, 6) is 1.11. The van der Waals surface area contributed by atoms with Crippen LogP contribution in [0.25, 0.3) is 17.0 Å². The Bertz CT molecular complexity index is 1240. The van der Waals surface area contributed by atoms with Gasteiger partial charge in [0.15, 0.2) is 11.5 Å². The van der Waals surface area contributed by atoms with E-state index in [0.717, 1.165) is 28.5 Å². The Morgan fingerprint density at radius 3 is 2.56 bits per heavy atom. The molecule has 0 saturated carbocycles. The molecule has 1 aromatic heterocycles. The lowest BCUT2D eigenvalue weighted by molar-refractivity contribution is -0.138. The highest BCUT2D eigenvalue weighted by Crippen LogP contribution is 2.29. The molecule has 0 N–H and O–H groups in total. The summed E-state index contributed by atoms with van der Waals surface area (Å²) in [5.41, 5.74) is 3.63. The van der Waals surface area contributed by atoms with Gasteiger partial charge in [0.2, 0.25) is 0 Å². The number of rotatable bonds is 10. The van der Waals surface area contributed by atoms with Crippen LogP contribution < -0.4 is 15.1 Å². The number of benzene rings is 2. The Morgan fingerprint density at radius 2 is 1.85 bits per heavy atom. The van der Waals surface area contributed by atoms with Crippen molar-refractivity contribution in [2.75, 3.05) is 13.2 Å². The van der Waals surface area contributed by atoms with Gasteiger partial charge < -0.3 is 18.6 Å². The van der Waals surface area contributed by atoms with Crippen molar-refractivity contribution in [3.63, 3.8) is 0 Å². The molecule has 2 aromatic carbocycles. The van der Waals surface area contributed by atoms with Gasteiger partial charge in [-0.25, -0.2) is 9.59 Å². The zero-order valence-electron chi connectivity index (χ0n) is 20.5. The number of esters is 1. The van der Waals surface area contributed by atoms with E-state index in [-0.39, 0.29) is 6.61 Å². The van der Waals surface area contributed by atoms with Gasteiger partial charge in [-0.2, -0.15) is 0 Å². The van der Waals surface area contributed by atoms with E-state index >= 15 is 0 Å². The number of carbonyl (C=O) groups is 1. The second-order valence-corrected chi connectivity index (χ2v) is 8.38. The topological polar surface area (TPSA) is 75.0 Å². The summed E-state index contributed by atoms with van der Waals surface area (Å²) in [7, 11) is 0. The van der Waals surface area contributed by atoms with E-state index in [9.17, 15) is 9.59 Å². The molecule has 1 heterocycles. The molecular weight excluding hydrogens is 432 g/mol. The van der Waals surface area contributed by atoms with Gasteiger partial charge in [-0.05, 0) is 73.2 Å². The third kappa shape index (κ3) is 6.28. The Morgan fingerprint density at radius 1 is 1.06 bits per heavy atom. The number of hydrogen-bond acceptors (Lipinski definition) is 6. The fraction of sp³-hybridized carbons (Fsp3) is 0.357. The van der Waals surface area contributed by atoms with E-state index in [2.05, 4.69) is 13.8 Å². The Kier molecular flexibility index (Phi) is 8.52. The molecule has 3 aromatic rings. The molecule has 34 heavy (non-hydrogen) atoms. The fourth-order valence-electron chi connectivity index (χ4n) is 3.72. The van der Waals surface area contributed by atoms with Gasteiger partial charge in [0.05, 0.1) is 13.2 Å². The van der Waals surface area contributed by atoms with Crippen LogP contribution in [0, 0.1) is 6.92 Å². The van der Waals surface area contributed by atoms with Gasteiger partial charge >= 0.3 is 11.6 Å². The second-order valence-electron chi connectivity index (χ2n) is 8.38. The Hall–Kier alpha value is -3.54. The molecule has 180 valence electrons. The van der Waals surface area contributed by atoms with Gasteiger partial charge in [0.1, 0.15) is 12.2 Å². The van der Waals surface area contributed by atoms with Gasteiger partial charge in [-0.1, -0.05) is 26.8 Å². The molecular formula is C28H32O6. The van der Waals surface area contributed by atoms with Crippen LogP contribution in [0.15, 0.2) is 51.7 Å². The average molecular weight is 465 g/mol. The molecule has 0 radical (unpaired) electrons. The molecule has 0 spiro atoms. The van der Waals surface area contributed by atoms with E-state index in [4.69, 9.17) is 18.6 Å². The summed E-state index contributed by atoms with van der Waals surface area (Å²) in [6.45, 7) is 11.2. The predicted molar refractivity (Wildman–Crippen MR) is 134 cm³/mol.